The monoisotopic (exact) mass is 251 g/mol. The highest BCUT2D eigenvalue weighted by molar-refractivity contribution is 7.92. The van der Waals surface area contributed by atoms with E-state index in [9.17, 15) is 18.0 Å². The number of esters is 1. The van der Waals surface area contributed by atoms with Crippen LogP contribution in [0.5, 0.6) is 0 Å². The van der Waals surface area contributed by atoms with E-state index in [0.717, 1.165) is 6.26 Å². The van der Waals surface area contributed by atoms with Crippen LogP contribution in [0.1, 0.15) is 20.8 Å². The van der Waals surface area contributed by atoms with Crippen molar-refractivity contribution in [2.24, 2.45) is 0 Å². The van der Waals surface area contributed by atoms with Gasteiger partial charge in [0.15, 0.2) is 9.84 Å². The molecular formula is C9H17NO5S. The zero-order valence-corrected chi connectivity index (χ0v) is 10.7. The third kappa shape index (κ3) is 3.80. The van der Waals surface area contributed by atoms with Gasteiger partial charge in [-0.2, -0.15) is 0 Å². The predicted molar refractivity (Wildman–Crippen MR) is 58.6 cm³/mol. The fraction of sp³-hybridized carbons (Fsp3) is 0.778. The second-order valence-corrected chi connectivity index (χ2v) is 6.34. The van der Waals surface area contributed by atoms with Gasteiger partial charge in [-0.05, 0) is 20.8 Å². The lowest BCUT2D eigenvalue weighted by Crippen LogP contribution is -2.48. The van der Waals surface area contributed by atoms with Crippen LogP contribution in [0.15, 0.2) is 0 Å². The number of ether oxygens (including phenoxy) is 1. The number of sulfone groups is 1. The van der Waals surface area contributed by atoms with Gasteiger partial charge in [0.1, 0.15) is 11.3 Å². The van der Waals surface area contributed by atoms with E-state index in [1.54, 1.807) is 6.92 Å². The molecule has 0 saturated heterocycles. The zero-order chi connectivity index (χ0) is 13.0. The van der Waals surface area contributed by atoms with Crippen LogP contribution in [-0.4, -0.2) is 44.4 Å². The molecule has 0 spiro atoms. The van der Waals surface area contributed by atoms with E-state index < -0.39 is 26.5 Å². The SMILES string of the molecule is CCOC(=O)CNC(=O)C(C)(C)S(C)(=O)=O. The molecule has 0 bridgehead atoms. The summed E-state index contributed by atoms with van der Waals surface area (Å²) in [5, 5.41) is 2.22. The van der Waals surface area contributed by atoms with E-state index >= 15 is 0 Å². The molecular weight excluding hydrogens is 234 g/mol. The standard InChI is InChI=1S/C9H17NO5S/c1-5-15-7(11)6-10-8(12)9(2,3)16(4,13)14/h5-6H2,1-4H3,(H,10,12). The number of rotatable bonds is 5. The number of carbonyl (C=O) groups excluding carboxylic acids is 2. The van der Waals surface area contributed by atoms with Gasteiger partial charge in [0.05, 0.1) is 6.61 Å². The van der Waals surface area contributed by atoms with Crippen molar-refractivity contribution in [2.75, 3.05) is 19.4 Å². The van der Waals surface area contributed by atoms with Crippen molar-refractivity contribution < 1.29 is 22.7 Å². The van der Waals surface area contributed by atoms with Crippen molar-refractivity contribution in [3.63, 3.8) is 0 Å². The Kier molecular flexibility index (Phi) is 4.92. The highest BCUT2D eigenvalue weighted by Gasteiger charge is 2.38. The molecule has 0 aromatic rings. The van der Waals surface area contributed by atoms with E-state index in [0.29, 0.717) is 0 Å². The number of hydrogen-bond acceptors (Lipinski definition) is 5. The summed E-state index contributed by atoms with van der Waals surface area (Å²) in [5.74, 6) is -1.32. The van der Waals surface area contributed by atoms with Crippen molar-refractivity contribution in [3.05, 3.63) is 0 Å². The first-order chi connectivity index (χ1) is 7.13. The fourth-order valence-corrected chi connectivity index (χ4v) is 1.15. The first-order valence-electron chi connectivity index (χ1n) is 4.76. The van der Waals surface area contributed by atoms with Crippen molar-refractivity contribution in [1.29, 1.82) is 0 Å². The summed E-state index contributed by atoms with van der Waals surface area (Å²) in [6.45, 7) is 4.08. The van der Waals surface area contributed by atoms with Crippen LogP contribution in [0.2, 0.25) is 0 Å². The molecule has 1 N–H and O–H groups in total. The molecule has 0 fully saturated rings. The highest BCUT2D eigenvalue weighted by Crippen LogP contribution is 2.14. The maximum Gasteiger partial charge on any atom is 0.325 e. The third-order valence-electron chi connectivity index (χ3n) is 2.17. The molecule has 0 aromatic carbocycles. The van der Waals surface area contributed by atoms with E-state index in [1.807, 2.05) is 0 Å². The van der Waals surface area contributed by atoms with Crippen LogP contribution in [0.4, 0.5) is 0 Å². The minimum absolute atomic E-state index is 0.212. The Morgan fingerprint density at radius 1 is 1.31 bits per heavy atom. The molecule has 0 aliphatic heterocycles. The largest absolute Gasteiger partial charge is 0.465 e. The molecule has 1 amide bonds. The molecule has 0 unspecified atom stereocenters. The smallest absolute Gasteiger partial charge is 0.325 e. The van der Waals surface area contributed by atoms with Gasteiger partial charge in [-0.1, -0.05) is 0 Å². The Bertz CT molecular complexity index is 371. The van der Waals surface area contributed by atoms with Gasteiger partial charge in [0.25, 0.3) is 0 Å². The number of nitrogens with one attached hydrogen (secondary N) is 1. The van der Waals surface area contributed by atoms with Crippen molar-refractivity contribution in [2.45, 2.75) is 25.5 Å². The molecule has 94 valence electrons. The molecule has 0 aliphatic rings. The maximum absolute atomic E-state index is 11.5. The molecule has 7 heteroatoms. The van der Waals surface area contributed by atoms with Crippen molar-refractivity contribution in [3.8, 4) is 0 Å². The first-order valence-corrected chi connectivity index (χ1v) is 6.65. The summed E-state index contributed by atoms with van der Waals surface area (Å²) in [6.07, 6.45) is 0.969. The number of amides is 1. The van der Waals surface area contributed by atoms with Crippen LogP contribution < -0.4 is 5.32 Å². The van der Waals surface area contributed by atoms with Gasteiger partial charge in [0.2, 0.25) is 5.91 Å². The summed E-state index contributed by atoms with van der Waals surface area (Å²) >= 11 is 0. The van der Waals surface area contributed by atoms with Gasteiger partial charge in [0, 0.05) is 6.26 Å². The van der Waals surface area contributed by atoms with Gasteiger partial charge in [-0.15, -0.1) is 0 Å². The summed E-state index contributed by atoms with van der Waals surface area (Å²) in [6, 6.07) is 0. The fourth-order valence-electron chi connectivity index (χ4n) is 0.746. The lowest BCUT2D eigenvalue weighted by molar-refractivity contribution is -0.143. The Balaban J connectivity index is 4.44. The van der Waals surface area contributed by atoms with E-state index in [2.05, 4.69) is 10.1 Å². The summed E-state index contributed by atoms with van der Waals surface area (Å²) < 4.78 is 25.6. The average Bonchev–Trinajstić information content (AvgIpc) is 2.12. The van der Waals surface area contributed by atoms with E-state index in [-0.39, 0.29) is 13.2 Å². The molecule has 6 nitrogen and oxygen atoms in total. The average molecular weight is 251 g/mol. The zero-order valence-electron chi connectivity index (χ0n) is 9.86. The Labute approximate surface area is 95.3 Å². The molecule has 0 radical (unpaired) electrons. The maximum atomic E-state index is 11.5. The molecule has 0 atom stereocenters. The minimum Gasteiger partial charge on any atom is -0.465 e. The van der Waals surface area contributed by atoms with E-state index in [4.69, 9.17) is 0 Å². The lowest BCUT2D eigenvalue weighted by atomic mass is 10.2. The highest BCUT2D eigenvalue weighted by atomic mass is 32.2. The predicted octanol–water partition coefficient (Wildman–Crippen LogP) is -0.511. The van der Waals surface area contributed by atoms with Gasteiger partial charge in [-0.25, -0.2) is 8.42 Å². The van der Waals surface area contributed by atoms with Gasteiger partial charge in [-0.3, -0.25) is 9.59 Å². The molecule has 0 saturated carbocycles. The van der Waals surface area contributed by atoms with Crippen LogP contribution in [0.25, 0.3) is 0 Å². The summed E-state index contributed by atoms with van der Waals surface area (Å²) in [4.78, 5) is 22.5. The molecule has 0 aliphatic carbocycles. The number of carbonyl (C=O) groups is 2. The third-order valence-corrected chi connectivity index (χ3v) is 4.21. The van der Waals surface area contributed by atoms with Gasteiger partial charge >= 0.3 is 5.97 Å². The molecule has 0 heterocycles. The van der Waals surface area contributed by atoms with Crippen LogP contribution >= 0.6 is 0 Å². The topological polar surface area (TPSA) is 89.5 Å². The Hall–Kier alpha value is -1.11. The van der Waals surface area contributed by atoms with Gasteiger partial charge < -0.3 is 10.1 Å². The summed E-state index contributed by atoms with van der Waals surface area (Å²) in [5.41, 5.74) is 0. The minimum atomic E-state index is -3.53. The molecule has 16 heavy (non-hydrogen) atoms. The van der Waals surface area contributed by atoms with Crippen LogP contribution in [-0.2, 0) is 24.2 Å². The quantitative estimate of drug-likeness (QED) is 0.665. The van der Waals surface area contributed by atoms with Crippen LogP contribution in [0, 0.1) is 0 Å². The molecule has 0 aromatic heterocycles. The summed E-state index contributed by atoms with van der Waals surface area (Å²) in [7, 11) is -3.53. The number of hydrogen-bond donors (Lipinski definition) is 1. The Morgan fingerprint density at radius 3 is 2.19 bits per heavy atom. The molecule has 0 rings (SSSR count). The normalized spacial score (nSPS) is 12.0. The van der Waals surface area contributed by atoms with E-state index in [1.165, 1.54) is 13.8 Å². The van der Waals surface area contributed by atoms with Crippen molar-refractivity contribution in [1.82, 2.24) is 5.32 Å². The second kappa shape index (κ2) is 5.29. The second-order valence-electron chi connectivity index (χ2n) is 3.77. The first kappa shape index (κ1) is 14.9. The van der Waals surface area contributed by atoms with Crippen LogP contribution in [0.3, 0.4) is 0 Å². The van der Waals surface area contributed by atoms with Crippen molar-refractivity contribution >= 4 is 21.7 Å². The lowest BCUT2D eigenvalue weighted by Gasteiger charge is -2.20. The Morgan fingerprint density at radius 2 is 1.81 bits per heavy atom.